The third-order valence-electron chi connectivity index (χ3n) is 1.74. The van der Waals surface area contributed by atoms with Crippen LogP contribution in [0, 0.1) is 0 Å². The molecule has 2 heterocycles. The highest BCUT2D eigenvalue weighted by atomic mass is 35.5. The van der Waals surface area contributed by atoms with Gasteiger partial charge in [0.25, 0.3) is 0 Å². The highest BCUT2D eigenvalue weighted by molar-refractivity contribution is 6.33. The molecule has 4 nitrogen and oxygen atoms in total. The number of hydrogen-bond acceptors (Lipinski definition) is 3. The Balaban J connectivity index is 2.83. The molecule has 2 aromatic heterocycles. The Labute approximate surface area is 79.2 Å². The van der Waals surface area contributed by atoms with Crippen LogP contribution in [0.3, 0.4) is 0 Å². The summed E-state index contributed by atoms with van der Waals surface area (Å²) in [6.07, 6.45) is 4.50. The Morgan fingerprint density at radius 2 is 2.31 bits per heavy atom. The molecule has 13 heavy (non-hydrogen) atoms. The average molecular weight is 196 g/mol. The Kier molecular flexibility index (Phi) is 1.77. The van der Waals surface area contributed by atoms with E-state index in [1.54, 1.807) is 4.40 Å². The molecule has 0 spiro atoms. The van der Waals surface area contributed by atoms with Gasteiger partial charge in [0.05, 0.1) is 12.4 Å². The molecule has 0 aliphatic carbocycles. The first kappa shape index (κ1) is 8.19. The minimum absolute atomic E-state index is 0.0587. The first-order valence-electron chi connectivity index (χ1n) is 3.67. The molecule has 0 aliphatic rings. The van der Waals surface area contributed by atoms with Gasteiger partial charge in [-0.05, 0) is 0 Å². The quantitative estimate of drug-likeness (QED) is 0.650. The highest BCUT2D eigenvalue weighted by Crippen LogP contribution is 2.15. The van der Waals surface area contributed by atoms with E-state index in [0.29, 0.717) is 16.4 Å². The molecule has 0 amide bonds. The molecule has 0 radical (unpaired) electrons. The van der Waals surface area contributed by atoms with Crippen molar-refractivity contribution >= 4 is 23.0 Å². The largest absolute Gasteiger partial charge is 0.293 e. The van der Waals surface area contributed by atoms with Gasteiger partial charge in [0.2, 0.25) is 0 Å². The Bertz CT molecular complexity index is 477. The van der Waals surface area contributed by atoms with Gasteiger partial charge in [-0.3, -0.25) is 9.20 Å². The number of aromatic nitrogens is 3. The molecular weight excluding hydrogens is 190 g/mol. The van der Waals surface area contributed by atoms with E-state index in [4.69, 9.17) is 11.6 Å². The fourth-order valence-corrected chi connectivity index (χ4v) is 1.33. The van der Waals surface area contributed by atoms with E-state index in [0.717, 1.165) is 0 Å². The van der Waals surface area contributed by atoms with E-state index >= 15 is 0 Å². The zero-order valence-corrected chi connectivity index (χ0v) is 7.62. The summed E-state index contributed by atoms with van der Waals surface area (Å²) in [5.74, 6) is -0.0587. The lowest BCUT2D eigenvalue weighted by molar-refractivity contribution is 0.101. The SMILES string of the molecule is CC(=O)c1cnc2c(Cl)cncn12. The fraction of sp³-hybridized carbons (Fsp3) is 0.125. The third kappa shape index (κ3) is 1.19. The zero-order chi connectivity index (χ0) is 9.42. The summed E-state index contributed by atoms with van der Waals surface area (Å²) in [7, 11) is 0. The van der Waals surface area contributed by atoms with Crippen molar-refractivity contribution in [3.05, 3.63) is 29.4 Å². The summed E-state index contributed by atoms with van der Waals surface area (Å²) in [4.78, 5) is 19.0. The summed E-state index contributed by atoms with van der Waals surface area (Å²) in [6.45, 7) is 1.48. The van der Waals surface area contributed by atoms with Crippen LogP contribution >= 0.6 is 11.6 Å². The van der Waals surface area contributed by atoms with Gasteiger partial charge in [-0.15, -0.1) is 0 Å². The van der Waals surface area contributed by atoms with Crippen molar-refractivity contribution in [2.45, 2.75) is 6.92 Å². The number of fused-ring (bicyclic) bond motifs is 1. The number of nitrogens with zero attached hydrogens (tertiary/aromatic N) is 3. The molecule has 66 valence electrons. The second-order valence-corrected chi connectivity index (χ2v) is 3.04. The van der Waals surface area contributed by atoms with Crippen molar-refractivity contribution in [2.75, 3.05) is 0 Å². The van der Waals surface area contributed by atoms with Gasteiger partial charge in [-0.1, -0.05) is 11.6 Å². The molecule has 0 fully saturated rings. The second-order valence-electron chi connectivity index (χ2n) is 2.63. The summed E-state index contributed by atoms with van der Waals surface area (Å²) in [6, 6.07) is 0. The van der Waals surface area contributed by atoms with Gasteiger partial charge in [-0.2, -0.15) is 0 Å². The summed E-state index contributed by atoms with van der Waals surface area (Å²) >= 11 is 5.82. The van der Waals surface area contributed by atoms with Crippen LogP contribution in [0.5, 0.6) is 0 Å². The van der Waals surface area contributed by atoms with E-state index in [2.05, 4.69) is 9.97 Å². The molecule has 0 aliphatic heterocycles. The molecule has 0 saturated carbocycles. The minimum Gasteiger partial charge on any atom is -0.293 e. The van der Waals surface area contributed by atoms with E-state index in [9.17, 15) is 4.79 Å². The van der Waals surface area contributed by atoms with Crippen molar-refractivity contribution in [3.63, 3.8) is 0 Å². The molecule has 0 aromatic carbocycles. The lowest BCUT2D eigenvalue weighted by Crippen LogP contribution is -1.98. The van der Waals surface area contributed by atoms with E-state index in [-0.39, 0.29) is 5.78 Å². The topological polar surface area (TPSA) is 47.3 Å². The van der Waals surface area contributed by atoms with Crippen LogP contribution in [0.15, 0.2) is 18.7 Å². The number of imidazole rings is 1. The fourth-order valence-electron chi connectivity index (χ4n) is 1.14. The maximum absolute atomic E-state index is 11.1. The molecule has 2 rings (SSSR count). The van der Waals surface area contributed by atoms with Crippen molar-refractivity contribution in [1.82, 2.24) is 14.4 Å². The smallest absolute Gasteiger partial charge is 0.178 e. The van der Waals surface area contributed by atoms with Crippen molar-refractivity contribution in [3.8, 4) is 0 Å². The van der Waals surface area contributed by atoms with Crippen LogP contribution in [-0.4, -0.2) is 20.2 Å². The Hall–Kier alpha value is -1.42. The number of carbonyl (C=O) groups excluding carboxylic acids is 1. The first-order chi connectivity index (χ1) is 6.20. The standard InChI is InChI=1S/C8H6ClN3O/c1-5(13)7-3-11-8-6(9)2-10-4-12(7)8/h2-4H,1H3. The number of ketones is 1. The first-order valence-corrected chi connectivity index (χ1v) is 4.05. The van der Waals surface area contributed by atoms with Gasteiger partial charge >= 0.3 is 0 Å². The number of hydrogen-bond donors (Lipinski definition) is 0. The van der Waals surface area contributed by atoms with Crippen molar-refractivity contribution < 1.29 is 4.79 Å². The Morgan fingerprint density at radius 3 is 3.00 bits per heavy atom. The van der Waals surface area contributed by atoms with Crippen LogP contribution < -0.4 is 0 Å². The average Bonchev–Trinajstić information content (AvgIpc) is 2.48. The summed E-state index contributed by atoms with van der Waals surface area (Å²) in [5, 5.41) is 0.440. The highest BCUT2D eigenvalue weighted by Gasteiger charge is 2.09. The molecular formula is C8H6ClN3O. The molecule has 0 atom stereocenters. The molecule has 0 unspecified atom stereocenters. The van der Waals surface area contributed by atoms with Crippen molar-refractivity contribution in [2.24, 2.45) is 0 Å². The summed E-state index contributed by atoms with van der Waals surface area (Å²) in [5.41, 5.74) is 1.05. The van der Waals surface area contributed by atoms with Crippen LogP contribution in [0.4, 0.5) is 0 Å². The number of Topliss-reactive ketones (excluding diaryl/α,β-unsaturated/α-hetero) is 1. The van der Waals surface area contributed by atoms with Gasteiger partial charge in [-0.25, -0.2) is 9.97 Å². The molecule has 0 saturated heterocycles. The van der Waals surface area contributed by atoms with Gasteiger partial charge in [0.1, 0.15) is 17.0 Å². The number of rotatable bonds is 1. The lowest BCUT2D eigenvalue weighted by atomic mass is 10.3. The van der Waals surface area contributed by atoms with Crippen LogP contribution in [-0.2, 0) is 0 Å². The lowest BCUT2D eigenvalue weighted by Gasteiger charge is -1.96. The van der Waals surface area contributed by atoms with E-state index in [1.165, 1.54) is 25.6 Å². The summed E-state index contributed by atoms with van der Waals surface area (Å²) < 4.78 is 1.57. The van der Waals surface area contributed by atoms with Crippen LogP contribution in [0.1, 0.15) is 17.4 Å². The molecule has 0 N–H and O–H groups in total. The van der Waals surface area contributed by atoms with E-state index in [1.807, 2.05) is 0 Å². The zero-order valence-electron chi connectivity index (χ0n) is 6.86. The van der Waals surface area contributed by atoms with Gasteiger partial charge in [0, 0.05) is 6.92 Å². The molecule has 0 bridgehead atoms. The van der Waals surface area contributed by atoms with Gasteiger partial charge in [0.15, 0.2) is 11.4 Å². The van der Waals surface area contributed by atoms with E-state index < -0.39 is 0 Å². The van der Waals surface area contributed by atoms with Crippen molar-refractivity contribution in [1.29, 1.82) is 0 Å². The maximum Gasteiger partial charge on any atom is 0.178 e. The second kappa shape index (κ2) is 2.81. The minimum atomic E-state index is -0.0587. The van der Waals surface area contributed by atoms with Crippen LogP contribution in [0.25, 0.3) is 5.65 Å². The maximum atomic E-state index is 11.1. The Morgan fingerprint density at radius 1 is 1.54 bits per heavy atom. The predicted molar refractivity (Wildman–Crippen MR) is 48.0 cm³/mol. The molecule has 5 heteroatoms. The van der Waals surface area contributed by atoms with Crippen LogP contribution in [0.2, 0.25) is 5.02 Å². The normalized spacial score (nSPS) is 10.6. The predicted octanol–water partition coefficient (Wildman–Crippen LogP) is 1.59. The monoisotopic (exact) mass is 195 g/mol. The number of carbonyl (C=O) groups is 1. The number of halogens is 1. The third-order valence-corrected chi connectivity index (χ3v) is 2.01. The molecule has 2 aromatic rings. The van der Waals surface area contributed by atoms with Gasteiger partial charge < -0.3 is 0 Å².